The maximum atomic E-state index is 13.1. The standard InChI is InChI=1S/C83H136O17P2/c1-5-9-13-17-21-25-29-33-36-37-38-39-42-45-48-52-56-60-64-68-81(86)94-74-79(100-83(88)70-66-62-58-54-50-46-41-35-31-27-23-19-15-11-7-3)76-98-102(91,92)96-72-77(84)71-95-101(89,90)97-75-78(99-82(87)69-65-61-57-53-49-43-32-28-24-20-16-12-8-4)73-93-80(85)67-63-59-55-51-47-44-40-34-30-26-22-18-14-10-6-2/h9-10,13-14,16,20-23,25-28,32-36,38-41,45,47-48,51,77-79,84H,5-8,11-12,15,17-19,24,29-31,37,42-44,46,49-50,52-76H2,1-4H3,(H,89,90)(H,91,92)/b13-9-,14-10-,20-16-,25-21-,26-22-,27-23-,32-28-,36-33-,39-38-,40-34-,41-35-,48-45-,51-47-. The second kappa shape index (κ2) is 74.0. The molecule has 0 aliphatic heterocycles. The van der Waals surface area contributed by atoms with E-state index < -0.39 is 97.5 Å². The lowest BCUT2D eigenvalue weighted by Gasteiger charge is -2.21. The zero-order valence-electron chi connectivity index (χ0n) is 63.2. The average molecular weight is 1470 g/mol. The number of allylic oxidation sites excluding steroid dienone is 26. The Bertz CT molecular complexity index is 2550. The molecule has 0 aromatic carbocycles. The van der Waals surface area contributed by atoms with Crippen molar-refractivity contribution in [2.45, 2.75) is 303 Å². The Hall–Kier alpha value is -5.32. The molecule has 5 unspecified atom stereocenters. The molecular formula is C83H136O17P2. The van der Waals surface area contributed by atoms with Gasteiger partial charge in [0.05, 0.1) is 26.4 Å². The fourth-order valence-corrected chi connectivity index (χ4v) is 11.2. The summed E-state index contributed by atoms with van der Waals surface area (Å²) in [7, 11) is -9.99. The molecule has 0 rings (SSSR count). The first-order valence-corrected chi connectivity index (χ1v) is 41.7. The van der Waals surface area contributed by atoms with Gasteiger partial charge in [-0.05, 0) is 167 Å². The number of rotatable bonds is 71. The van der Waals surface area contributed by atoms with E-state index >= 15 is 0 Å². The Kier molecular flexibility index (Phi) is 70.1. The molecule has 0 amide bonds. The Morgan fingerprint density at radius 1 is 0.284 bits per heavy atom. The molecule has 0 heterocycles. The molecule has 19 heteroatoms. The minimum Gasteiger partial charge on any atom is -0.462 e. The van der Waals surface area contributed by atoms with Crippen molar-refractivity contribution in [1.29, 1.82) is 0 Å². The highest BCUT2D eigenvalue weighted by molar-refractivity contribution is 7.47. The molecule has 102 heavy (non-hydrogen) atoms. The largest absolute Gasteiger partial charge is 0.472 e. The number of carbonyl (C=O) groups excluding carboxylic acids is 4. The van der Waals surface area contributed by atoms with Gasteiger partial charge in [-0.1, -0.05) is 250 Å². The molecule has 0 aromatic rings. The molecule has 0 spiro atoms. The number of aliphatic hydroxyl groups excluding tert-OH is 1. The molecule has 0 fully saturated rings. The van der Waals surface area contributed by atoms with Crippen LogP contribution in [0, 0.1) is 0 Å². The van der Waals surface area contributed by atoms with E-state index in [-0.39, 0.29) is 25.7 Å². The van der Waals surface area contributed by atoms with E-state index in [0.717, 1.165) is 186 Å². The van der Waals surface area contributed by atoms with Crippen LogP contribution in [0.1, 0.15) is 285 Å². The molecule has 580 valence electrons. The fourth-order valence-electron chi connectivity index (χ4n) is 9.60. The quantitative estimate of drug-likeness (QED) is 0.0169. The van der Waals surface area contributed by atoms with Gasteiger partial charge >= 0.3 is 39.5 Å². The van der Waals surface area contributed by atoms with Crippen LogP contribution in [0.4, 0.5) is 0 Å². The van der Waals surface area contributed by atoms with Gasteiger partial charge in [0, 0.05) is 25.7 Å². The van der Waals surface area contributed by atoms with Gasteiger partial charge in [-0.3, -0.25) is 37.3 Å². The van der Waals surface area contributed by atoms with Crippen molar-refractivity contribution in [1.82, 2.24) is 0 Å². The van der Waals surface area contributed by atoms with Gasteiger partial charge in [-0.2, -0.15) is 0 Å². The van der Waals surface area contributed by atoms with E-state index in [1.165, 1.54) is 19.3 Å². The van der Waals surface area contributed by atoms with Crippen molar-refractivity contribution in [2.24, 2.45) is 0 Å². The Labute approximate surface area is 617 Å². The minimum absolute atomic E-state index is 0.0637. The van der Waals surface area contributed by atoms with Crippen LogP contribution in [-0.2, 0) is 65.4 Å². The van der Waals surface area contributed by atoms with Crippen molar-refractivity contribution in [3.05, 3.63) is 158 Å². The molecule has 0 bridgehead atoms. The Balaban J connectivity index is 5.45. The normalized spacial score (nSPS) is 14.8. The van der Waals surface area contributed by atoms with Crippen molar-refractivity contribution < 1.29 is 80.2 Å². The van der Waals surface area contributed by atoms with Crippen LogP contribution in [0.15, 0.2) is 158 Å². The summed E-state index contributed by atoms with van der Waals surface area (Å²) in [4.78, 5) is 72.9. The summed E-state index contributed by atoms with van der Waals surface area (Å²) >= 11 is 0. The second-order valence-electron chi connectivity index (χ2n) is 25.2. The van der Waals surface area contributed by atoms with Gasteiger partial charge in [-0.25, -0.2) is 9.13 Å². The third kappa shape index (κ3) is 73.0. The molecule has 0 aromatic heterocycles. The van der Waals surface area contributed by atoms with Gasteiger partial charge in [0.25, 0.3) is 0 Å². The highest BCUT2D eigenvalue weighted by Crippen LogP contribution is 2.45. The summed E-state index contributed by atoms with van der Waals surface area (Å²) in [6.45, 7) is 4.42. The summed E-state index contributed by atoms with van der Waals surface area (Å²) in [6.07, 6.45) is 85.2. The van der Waals surface area contributed by atoms with Crippen molar-refractivity contribution in [3.63, 3.8) is 0 Å². The maximum Gasteiger partial charge on any atom is 0.472 e. The van der Waals surface area contributed by atoms with Gasteiger partial charge in [-0.15, -0.1) is 0 Å². The number of carbonyl (C=O) groups is 4. The first-order chi connectivity index (χ1) is 49.7. The van der Waals surface area contributed by atoms with Crippen LogP contribution in [-0.4, -0.2) is 96.7 Å². The first-order valence-electron chi connectivity index (χ1n) is 38.7. The maximum absolute atomic E-state index is 13.1. The molecule has 0 radical (unpaired) electrons. The second-order valence-corrected chi connectivity index (χ2v) is 28.1. The van der Waals surface area contributed by atoms with Gasteiger partial charge in [0.15, 0.2) is 12.2 Å². The lowest BCUT2D eigenvalue weighted by Crippen LogP contribution is -2.30. The molecule has 0 saturated carbocycles. The summed E-state index contributed by atoms with van der Waals surface area (Å²) in [5, 5.41) is 10.6. The number of phosphoric ester groups is 2. The third-order valence-electron chi connectivity index (χ3n) is 15.4. The fraction of sp³-hybridized carbons (Fsp3) is 0.639. The zero-order valence-corrected chi connectivity index (χ0v) is 65.0. The van der Waals surface area contributed by atoms with Crippen LogP contribution in [0.5, 0.6) is 0 Å². The van der Waals surface area contributed by atoms with E-state index in [2.05, 4.69) is 186 Å². The first kappa shape index (κ1) is 96.7. The molecule has 0 saturated heterocycles. The van der Waals surface area contributed by atoms with Crippen molar-refractivity contribution >= 4 is 39.5 Å². The number of hydrogen-bond acceptors (Lipinski definition) is 15. The highest BCUT2D eigenvalue weighted by atomic mass is 31.2. The summed E-state index contributed by atoms with van der Waals surface area (Å²) in [5.41, 5.74) is 0. The van der Waals surface area contributed by atoms with Crippen LogP contribution in [0.25, 0.3) is 0 Å². The molecule has 3 N–H and O–H groups in total. The number of phosphoric acid groups is 2. The molecule has 0 aliphatic carbocycles. The SMILES string of the molecule is CC/C=C\C/C=C\C/C=C\C/C=C\C/C=C\CCCCCC(=O)OCC(COP(=O)(O)OCC(O)COP(=O)(O)OCC(COC(=O)CCCC/C=C\C/C=C\C/C=C\C/C=C\CC)OC(=O)CCCCCCC/C=C\C/C=C\CCC)OC(=O)CCCCCCC/C=C\C/C=C\CCCCC. The Morgan fingerprint density at radius 2 is 0.529 bits per heavy atom. The number of esters is 4. The number of ether oxygens (including phenoxy) is 4. The Morgan fingerprint density at radius 3 is 0.853 bits per heavy atom. The number of aliphatic hydroxyl groups is 1. The minimum atomic E-state index is -5.00. The molecule has 5 atom stereocenters. The lowest BCUT2D eigenvalue weighted by atomic mass is 10.1. The predicted molar refractivity (Wildman–Crippen MR) is 417 cm³/mol. The van der Waals surface area contributed by atoms with Crippen LogP contribution in [0.3, 0.4) is 0 Å². The smallest absolute Gasteiger partial charge is 0.462 e. The van der Waals surface area contributed by atoms with E-state index in [9.17, 15) is 43.2 Å². The molecule has 17 nitrogen and oxygen atoms in total. The molecule has 0 aliphatic rings. The zero-order chi connectivity index (χ0) is 74.6. The third-order valence-corrected chi connectivity index (χ3v) is 17.3. The molecular weight excluding hydrogens is 1330 g/mol. The summed E-state index contributed by atoms with van der Waals surface area (Å²) in [5.74, 6) is -2.30. The van der Waals surface area contributed by atoms with Gasteiger partial charge in [0.2, 0.25) is 0 Å². The van der Waals surface area contributed by atoms with Crippen LogP contribution < -0.4 is 0 Å². The number of unbranched alkanes of at least 4 members (excludes halogenated alkanes) is 19. The van der Waals surface area contributed by atoms with Crippen molar-refractivity contribution in [2.75, 3.05) is 39.6 Å². The average Bonchev–Trinajstić information content (AvgIpc) is 0.924. The van der Waals surface area contributed by atoms with E-state index in [4.69, 9.17) is 37.0 Å². The van der Waals surface area contributed by atoms with E-state index in [0.29, 0.717) is 25.7 Å². The highest BCUT2D eigenvalue weighted by Gasteiger charge is 2.30. The van der Waals surface area contributed by atoms with E-state index in [1.807, 2.05) is 0 Å². The summed E-state index contributed by atoms with van der Waals surface area (Å²) in [6, 6.07) is 0. The predicted octanol–water partition coefficient (Wildman–Crippen LogP) is 22.4. The van der Waals surface area contributed by atoms with Gasteiger partial charge < -0.3 is 33.8 Å². The summed E-state index contributed by atoms with van der Waals surface area (Å²) < 4.78 is 68.4. The van der Waals surface area contributed by atoms with E-state index in [1.54, 1.807) is 0 Å². The van der Waals surface area contributed by atoms with Gasteiger partial charge in [0.1, 0.15) is 19.3 Å². The van der Waals surface area contributed by atoms with Crippen molar-refractivity contribution in [3.8, 4) is 0 Å². The number of hydrogen-bond donors (Lipinski definition) is 3. The van der Waals surface area contributed by atoms with Crippen LogP contribution >= 0.6 is 15.6 Å². The lowest BCUT2D eigenvalue weighted by molar-refractivity contribution is -0.161. The monoisotopic (exact) mass is 1470 g/mol. The topological polar surface area (TPSA) is 237 Å². The van der Waals surface area contributed by atoms with Crippen LogP contribution in [0.2, 0.25) is 0 Å².